The van der Waals surface area contributed by atoms with E-state index in [4.69, 9.17) is 0 Å². The summed E-state index contributed by atoms with van der Waals surface area (Å²) in [5.74, 6) is 1.64. The first-order chi connectivity index (χ1) is 9.84. The van der Waals surface area contributed by atoms with Gasteiger partial charge in [-0.05, 0) is 51.0 Å². The van der Waals surface area contributed by atoms with Gasteiger partial charge in [0.2, 0.25) is 5.91 Å². The quantitative estimate of drug-likeness (QED) is 0.788. The molecular formula is C17H30N2O. The molecule has 0 bridgehead atoms. The Bertz CT molecular complexity index is 309. The Kier molecular flexibility index (Phi) is 4.98. The number of rotatable bonds is 2. The van der Waals surface area contributed by atoms with E-state index in [2.05, 4.69) is 10.2 Å². The fourth-order valence-electron chi connectivity index (χ4n) is 4.42. The minimum absolute atomic E-state index is 0.346. The monoisotopic (exact) mass is 278 g/mol. The largest absolute Gasteiger partial charge is 0.342 e. The maximum absolute atomic E-state index is 12.6. The number of nitrogens with one attached hydrogen (secondary N) is 1. The minimum atomic E-state index is 0.346. The van der Waals surface area contributed by atoms with Crippen LogP contribution in [-0.2, 0) is 4.79 Å². The fraction of sp³-hybridized carbons (Fsp3) is 0.941. The summed E-state index contributed by atoms with van der Waals surface area (Å²) >= 11 is 0. The van der Waals surface area contributed by atoms with Crippen molar-refractivity contribution in [1.29, 1.82) is 0 Å². The van der Waals surface area contributed by atoms with Crippen LogP contribution in [0.25, 0.3) is 0 Å². The SMILES string of the molecule is O=C(C1CCCCCC1)N1CCC(C2CCCN2)CC1. The summed E-state index contributed by atoms with van der Waals surface area (Å²) in [6.45, 7) is 3.22. The van der Waals surface area contributed by atoms with E-state index in [9.17, 15) is 4.79 Å². The number of piperidine rings is 1. The third-order valence-electron chi connectivity index (χ3n) is 5.72. The Balaban J connectivity index is 1.48. The number of carbonyl (C=O) groups is 1. The first-order valence-electron chi connectivity index (χ1n) is 8.87. The van der Waals surface area contributed by atoms with E-state index in [1.54, 1.807) is 0 Å². The molecule has 0 radical (unpaired) electrons. The number of likely N-dealkylation sites (tertiary alicyclic amines) is 1. The number of hydrogen-bond acceptors (Lipinski definition) is 2. The Morgan fingerprint density at radius 1 is 0.850 bits per heavy atom. The highest BCUT2D eigenvalue weighted by atomic mass is 16.2. The van der Waals surface area contributed by atoms with Crippen LogP contribution in [0, 0.1) is 11.8 Å². The summed E-state index contributed by atoms with van der Waals surface area (Å²) < 4.78 is 0. The molecule has 20 heavy (non-hydrogen) atoms. The van der Waals surface area contributed by atoms with Crippen molar-refractivity contribution in [3.05, 3.63) is 0 Å². The molecule has 3 heteroatoms. The molecule has 114 valence electrons. The van der Waals surface area contributed by atoms with Crippen LogP contribution in [0.3, 0.4) is 0 Å². The van der Waals surface area contributed by atoms with Crippen LogP contribution >= 0.6 is 0 Å². The average molecular weight is 278 g/mol. The third-order valence-corrected chi connectivity index (χ3v) is 5.72. The predicted octanol–water partition coefficient (Wildman–Crippen LogP) is 2.95. The minimum Gasteiger partial charge on any atom is -0.342 e. The highest BCUT2D eigenvalue weighted by Gasteiger charge is 2.32. The smallest absolute Gasteiger partial charge is 0.225 e. The van der Waals surface area contributed by atoms with Gasteiger partial charge in [0.25, 0.3) is 0 Å². The number of hydrogen-bond donors (Lipinski definition) is 1. The second kappa shape index (κ2) is 6.93. The van der Waals surface area contributed by atoms with Crippen molar-refractivity contribution < 1.29 is 4.79 Å². The standard InChI is InChI=1S/C17H30N2O/c20-17(15-6-3-1-2-4-7-15)19-12-9-14(10-13-19)16-8-5-11-18-16/h14-16,18H,1-13H2. The average Bonchev–Trinajstić information content (AvgIpc) is 2.89. The zero-order valence-corrected chi connectivity index (χ0v) is 12.8. The van der Waals surface area contributed by atoms with Crippen LogP contribution in [0.1, 0.15) is 64.2 Å². The van der Waals surface area contributed by atoms with Gasteiger partial charge in [0.15, 0.2) is 0 Å². The van der Waals surface area contributed by atoms with Crippen molar-refractivity contribution in [3.63, 3.8) is 0 Å². The molecule has 1 unspecified atom stereocenters. The second-order valence-corrected chi connectivity index (χ2v) is 7.05. The van der Waals surface area contributed by atoms with Crippen molar-refractivity contribution in [2.24, 2.45) is 11.8 Å². The second-order valence-electron chi connectivity index (χ2n) is 7.05. The summed E-state index contributed by atoms with van der Waals surface area (Å²) in [6.07, 6.45) is 12.6. The van der Waals surface area contributed by atoms with Crippen LogP contribution < -0.4 is 5.32 Å². The molecule has 2 aliphatic heterocycles. The topological polar surface area (TPSA) is 32.3 Å². The first kappa shape index (κ1) is 14.4. The van der Waals surface area contributed by atoms with E-state index >= 15 is 0 Å². The predicted molar refractivity (Wildman–Crippen MR) is 81.5 cm³/mol. The van der Waals surface area contributed by atoms with Gasteiger partial charge < -0.3 is 10.2 Å². The highest BCUT2D eigenvalue weighted by Crippen LogP contribution is 2.29. The Morgan fingerprint density at radius 3 is 2.15 bits per heavy atom. The van der Waals surface area contributed by atoms with Gasteiger partial charge in [-0.1, -0.05) is 25.7 Å². The van der Waals surface area contributed by atoms with E-state index in [-0.39, 0.29) is 0 Å². The van der Waals surface area contributed by atoms with Gasteiger partial charge in [-0.25, -0.2) is 0 Å². The van der Waals surface area contributed by atoms with Crippen LogP contribution in [0.15, 0.2) is 0 Å². The van der Waals surface area contributed by atoms with Gasteiger partial charge in [0, 0.05) is 25.0 Å². The van der Waals surface area contributed by atoms with Crippen molar-refractivity contribution in [2.75, 3.05) is 19.6 Å². The van der Waals surface area contributed by atoms with Crippen molar-refractivity contribution in [1.82, 2.24) is 10.2 Å². The molecule has 0 spiro atoms. The molecule has 3 nitrogen and oxygen atoms in total. The summed E-state index contributed by atoms with van der Waals surface area (Å²) in [5, 5.41) is 3.64. The highest BCUT2D eigenvalue weighted by molar-refractivity contribution is 5.78. The fourth-order valence-corrected chi connectivity index (χ4v) is 4.42. The number of nitrogens with zero attached hydrogens (tertiary/aromatic N) is 1. The molecule has 0 aromatic rings. The van der Waals surface area contributed by atoms with Gasteiger partial charge in [-0.3, -0.25) is 4.79 Å². The molecular weight excluding hydrogens is 248 g/mol. The normalized spacial score (nSPS) is 30.4. The van der Waals surface area contributed by atoms with E-state index < -0.39 is 0 Å². The number of carbonyl (C=O) groups excluding carboxylic acids is 1. The van der Waals surface area contributed by atoms with Crippen LogP contribution in [0.5, 0.6) is 0 Å². The van der Waals surface area contributed by atoms with Gasteiger partial charge in [0.1, 0.15) is 0 Å². The van der Waals surface area contributed by atoms with E-state index in [1.165, 1.54) is 57.9 Å². The molecule has 2 saturated heterocycles. The van der Waals surface area contributed by atoms with Crippen LogP contribution in [-0.4, -0.2) is 36.5 Å². The molecule has 1 amide bonds. The van der Waals surface area contributed by atoms with Gasteiger partial charge in [-0.15, -0.1) is 0 Å². The molecule has 3 rings (SSSR count). The lowest BCUT2D eigenvalue weighted by molar-refractivity contribution is -0.137. The van der Waals surface area contributed by atoms with Gasteiger partial charge in [-0.2, -0.15) is 0 Å². The van der Waals surface area contributed by atoms with Gasteiger partial charge >= 0.3 is 0 Å². The Hall–Kier alpha value is -0.570. The summed E-state index contributed by atoms with van der Waals surface area (Å²) in [6, 6.07) is 0.741. The summed E-state index contributed by atoms with van der Waals surface area (Å²) in [5.41, 5.74) is 0. The van der Waals surface area contributed by atoms with Crippen molar-refractivity contribution >= 4 is 5.91 Å². The molecule has 1 N–H and O–H groups in total. The van der Waals surface area contributed by atoms with Crippen LogP contribution in [0.4, 0.5) is 0 Å². The lowest BCUT2D eigenvalue weighted by Crippen LogP contribution is -2.45. The Morgan fingerprint density at radius 2 is 1.55 bits per heavy atom. The summed E-state index contributed by atoms with van der Waals surface area (Å²) in [4.78, 5) is 14.8. The lowest BCUT2D eigenvalue weighted by atomic mass is 9.87. The molecule has 1 atom stereocenters. The van der Waals surface area contributed by atoms with Crippen molar-refractivity contribution in [3.8, 4) is 0 Å². The molecule has 1 saturated carbocycles. The summed E-state index contributed by atoms with van der Waals surface area (Å²) in [7, 11) is 0. The van der Waals surface area contributed by atoms with E-state index in [0.717, 1.165) is 37.9 Å². The lowest BCUT2D eigenvalue weighted by Gasteiger charge is -2.36. The van der Waals surface area contributed by atoms with Gasteiger partial charge in [0.05, 0.1) is 0 Å². The molecule has 3 aliphatic rings. The molecule has 1 aliphatic carbocycles. The maximum Gasteiger partial charge on any atom is 0.225 e. The zero-order chi connectivity index (χ0) is 13.8. The van der Waals surface area contributed by atoms with E-state index in [0.29, 0.717) is 11.8 Å². The first-order valence-corrected chi connectivity index (χ1v) is 8.87. The Labute approximate surface area is 123 Å². The molecule has 2 heterocycles. The van der Waals surface area contributed by atoms with Crippen LogP contribution in [0.2, 0.25) is 0 Å². The third kappa shape index (κ3) is 3.36. The van der Waals surface area contributed by atoms with Crippen molar-refractivity contribution in [2.45, 2.75) is 70.3 Å². The number of amides is 1. The van der Waals surface area contributed by atoms with E-state index in [1.807, 2.05) is 0 Å². The molecule has 3 fully saturated rings. The maximum atomic E-state index is 12.6. The zero-order valence-electron chi connectivity index (χ0n) is 12.8. The molecule has 0 aromatic carbocycles. The molecule has 0 aromatic heterocycles.